The smallest absolute Gasteiger partial charge is 0.347 e. The molecule has 5 nitrogen and oxygen atoms in total. The van der Waals surface area contributed by atoms with E-state index in [0.717, 1.165) is 24.8 Å². The SMILES string of the molecule is CC[C@@H]1C[C@H](C(=O)NC(c2cc(F)c(C(F)(F)F)cc2F)C2CC2)N(C(=O)c2cc(C3CC3)ccn2)C1. The van der Waals surface area contributed by atoms with Gasteiger partial charge in [-0.3, -0.25) is 14.6 Å². The minimum atomic E-state index is -5.04. The fraction of sp³-hybridized carbons (Fsp3) is 0.519. The van der Waals surface area contributed by atoms with Crippen LogP contribution in [0.4, 0.5) is 22.0 Å². The highest BCUT2D eigenvalue weighted by Gasteiger charge is 2.43. The third-order valence-corrected chi connectivity index (χ3v) is 7.70. The Labute approximate surface area is 211 Å². The fourth-order valence-corrected chi connectivity index (χ4v) is 5.22. The van der Waals surface area contributed by atoms with Gasteiger partial charge in [-0.1, -0.05) is 13.3 Å². The zero-order valence-electron chi connectivity index (χ0n) is 20.3. The molecular weight excluding hydrogens is 493 g/mol. The van der Waals surface area contributed by atoms with Crippen LogP contribution in [-0.2, 0) is 11.0 Å². The standard InChI is InChI=1S/C27H28F5N3O2/c1-2-14-9-23(35(13-14)26(37)22-10-17(7-8-33-22)15-3-4-15)25(36)34-24(16-5-6-16)18-11-21(29)19(12-20(18)28)27(30,31)32/h7-8,10-12,14-16,23-24H,2-6,9,13H2,1H3,(H,34,36)/t14-,23-,24?/m1/s1. The summed E-state index contributed by atoms with van der Waals surface area (Å²) in [6, 6.07) is 2.49. The molecule has 0 radical (unpaired) electrons. The largest absolute Gasteiger partial charge is 0.419 e. The summed E-state index contributed by atoms with van der Waals surface area (Å²) in [6.45, 7) is 2.33. The summed E-state index contributed by atoms with van der Waals surface area (Å²) in [5, 5.41) is 2.74. The number of pyridine rings is 1. The summed E-state index contributed by atoms with van der Waals surface area (Å²) in [4.78, 5) is 32.6. The highest BCUT2D eigenvalue weighted by molar-refractivity contribution is 5.96. The average Bonchev–Trinajstić information content (AvgIpc) is 3.79. The van der Waals surface area contributed by atoms with Crippen molar-refractivity contribution < 1.29 is 31.5 Å². The van der Waals surface area contributed by atoms with E-state index in [1.165, 1.54) is 4.90 Å². The van der Waals surface area contributed by atoms with Crippen LogP contribution >= 0.6 is 0 Å². The molecule has 1 saturated heterocycles. The normalized spacial score (nSPS) is 22.7. The third kappa shape index (κ3) is 5.33. The number of carbonyl (C=O) groups excluding carboxylic acids is 2. The fourth-order valence-electron chi connectivity index (χ4n) is 5.22. The Morgan fingerprint density at radius 3 is 2.46 bits per heavy atom. The lowest BCUT2D eigenvalue weighted by Gasteiger charge is -2.27. The number of amides is 2. The molecule has 0 bridgehead atoms. The summed E-state index contributed by atoms with van der Waals surface area (Å²) < 4.78 is 68.2. The minimum absolute atomic E-state index is 0.0749. The molecule has 3 aliphatic rings. The number of nitrogens with zero attached hydrogens (tertiary/aromatic N) is 2. The first-order valence-electron chi connectivity index (χ1n) is 12.7. The number of nitrogens with one attached hydrogen (secondary N) is 1. The Balaban J connectivity index is 1.39. The first-order valence-corrected chi connectivity index (χ1v) is 12.7. The van der Waals surface area contributed by atoms with Crippen molar-refractivity contribution in [1.29, 1.82) is 0 Å². The molecule has 5 rings (SSSR count). The van der Waals surface area contributed by atoms with E-state index in [2.05, 4.69) is 10.3 Å². The van der Waals surface area contributed by atoms with Crippen molar-refractivity contribution in [2.45, 2.75) is 69.6 Å². The maximum absolute atomic E-state index is 14.8. The molecule has 2 heterocycles. The van der Waals surface area contributed by atoms with E-state index < -0.39 is 41.4 Å². The van der Waals surface area contributed by atoms with Gasteiger partial charge < -0.3 is 10.2 Å². The van der Waals surface area contributed by atoms with Crippen LogP contribution in [-0.4, -0.2) is 34.3 Å². The number of likely N-dealkylation sites (tertiary alicyclic amines) is 1. The van der Waals surface area contributed by atoms with Crippen molar-refractivity contribution in [3.05, 3.63) is 64.5 Å². The van der Waals surface area contributed by atoms with Gasteiger partial charge in [0.2, 0.25) is 5.91 Å². The van der Waals surface area contributed by atoms with Gasteiger partial charge in [0.1, 0.15) is 23.4 Å². The molecule has 1 unspecified atom stereocenters. The molecule has 3 atom stereocenters. The minimum Gasteiger partial charge on any atom is -0.347 e. The van der Waals surface area contributed by atoms with Crippen LogP contribution in [0, 0.1) is 23.5 Å². The molecule has 3 fully saturated rings. The second-order valence-electron chi connectivity index (χ2n) is 10.4. The number of halogens is 5. The monoisotopic (exact) mass is 521 g/mol. The van der Waals surface area contributed by atoms with E-state index in [1.54, 1.807) is 12.3 Å². The molecule has 0 spiro atoms. The molecule has 1 aromatic carbocycles. The number of rotatable bonds is 7. The molecular formula is C27H28F5N3O2. The molecule has 1 aromatic heterocycles. The van der Waals surface area contributed by atoms with Crippen LogP contribution in [0.3, 0.4) is 0 Å². The van der Waals surface area contributed by atoms with Crippen molar-refractivity contribution in [3.63, 3.8) is 0 Å². The van der Waals surface area contributed by atoms with Crippen LogP contribution in [0.5, 0.6) is 0 Å². The topological polar surface area (TPSA) is 62.3 Å². The van der Waals surface area contributed by atoms with Crippen molar-refractivity contribution in [3.8, 4) is 0 Å². The predicted molar refractivity (Wildman–Crippen MR) is 124 cm³/mol. The van der Waals surface area contributed by atoms with E-state index in [9.17, 15) is 31.5 Å². The Bertz CT molecular complexity index is 1210. The number of benzene rings is 1. The zero-order valence-corrected chi connectivity index (χ0v) is 20.3. The second kappa shape index (κ2) is 9.68. The highest BCUT2D eigenvalue weighted by Crippen LogP contribution is 2.44. The van der Waals surface area contributed by atoms with Gasteiger partial charge in [0.25, 0.3) is 5.91 Å². The molecule has 1 N–H and O–H groups in total. The van der Waals surface area contributed by atoms with Gasteiger partial charge in [0, 0.05) is 18.3 Å². The lowest BCUT2D eigenvalue weighted by Crippen LogP contribution is -2.47. The maximum atomic E-state index is 14.8. The predicted octanol–water partition coefficient (Wildman–Crippen LogP) is 5.76. The van der Waals surface area contributed by atoms with Crippen LogP contribution in [0.25, 0.3) is 0 Å². The van der Waals surface area contributed by atoms with Crippen molar-refractivity contribution in [2.24, 2.45) is 11.8 Å². The number of carbonyl (C=O) groups is 2. The van der Waals surface area contributed by atoms with Gasteiger partial charge in [-0.2, -0.15) is 13.2 Å². The van der Waals surface area contributed by atoms with Crippen LogP contribution < -0.4 is 5.32 Å². The van der Waals surface area contributed by atoms with Crippen LogP contribution in [0.1, 0.15) is 84.6 Å². The van der Waals surface area contributed by atoms with Gasteiger partial charge in [-0.05, 0) is 79.7 Å². The lowest BCUT2D eigenvalue weighted by atomic mass is 9.98. The first kappa shape index (κ1) is 25.6. The molecule has 1 aliphatic heterocycles. The van der Waals surface area contributed by atoms with Crippen LogP contribution in [0.15, 0.2) is 30.5 Å². The highest BCUT2D eigenvalue weighted by atomic mass is 19.4. The summed E-state index contributed by atoms with van der Waals surface area (Å²) in [7, 11) is 0. The van der Waals surface area contributed by atoms with Gasteiger partial charge in [-0.25, -0.2) is 8.78 Å². The number of alkyl halides is 3. The van der Waals surface area contributed by atoms with E-state index in [4.69, 9.17) is 0 Å². The molecule has 10 heteroatoms. The van der Waals surface area contributed by atoms with Gasteiger partial charge >= 0.3 is 6.18 Å². The first-order chi connectivity index (χ1) is 17.6. The number of aromatic nitrogens is 1. The average molecular weight is 522 g/mol. The van der Waals surface area contributed by atoms with E-state index in [-0.39, 0.29) is 35.1 Å². The lowest BCUT2D eigenvalue weighted by molar-refractivity contribution is -0.140. The Morgan fingerprint density at radius 1 is 1.11 bits per heavy atom. The van der Waals surface area contributed by atoms with Gasteiger partial charge in [0.15, 0.2) is 0 Å². The van der Waals surface area contributed by atoms with E-state index >= 15 is 0 Å². The Hall–Kier alpha value is -3.04. The zero-order chi connectivity index (χ0) is 26.5. The Kier molecular flexibility index (Phi) is 6.70. The van der Waals surface area contributed by atoms with Gasteiger partial charge in [0.05, 0.1) is 11.6 Å². The van der Waals surface area contributed by atoms with Crippen molar-refractivity contribution in [2.75, 3.05) is 6.54 Å². The Morgan fingerprint density at radius 2 is 1.84 bits per heavy atom. The van der Waals surface area contributed by atoms with E-state index in [1.807, 2.05) is 13.0 Å². The van der Waals surface area contributed by atoms with E-state index in [0.29, 0.717) is 37.8 Å². The summed E-state index contributed by atoms with van der Waals surface area (Å²) in [5.41, 5.74) is -0.704. The molecule has 2 amide bonds. The molecule has 2 aliphatic carbocycles. The van der Waals surface area contributed by atoms with Crippen LogP contribution in [0.2, 0.25) is 0 Å². The molecule has 2 saturated carbocycles. The second-order valence-corrected chi connectivity index (χ2v) is 10.4. The summed E-state index contributed by atoms with van der Waals surface area (Å²) in [5.74, 6) is -3.43. The number of hydrogen-bond donors (Lipinski definition) is 1. The third-order valence-electron chi connectivity index (χ3n) is 7.70. The van der Waals surface area contributed by atoms with Crippen molar-refractivity contribution >= 4 is 11.8 Å². The number of hydrogen-bond acceptors (Lipinski definition) is 3. The maximum Gasteiger partial charge on any atom is 0.419 e. The quantitative estimate of drug-likeness (QED) is 0.471. The summed E-state index contributed by atoms with van der Waals surface area (Å²) in [6.07, 6.45) is 1.07. The van der Waals surface area contributed by atoms with Crippen molar-refractivity contribution in [1.82, 2.24) is 15.2 Å². The molecule has 37 heavy (non-hydrogen) atoms. The van der Waals surface area contributed by atoms with Gasteiger partial charge in [-0.15, -0.1) is 0 Å². The summed E-state index contributed by atoms with van der Waals surface area (Å²) >= 11 is 0. The molecule has 2 aromatic rings. The molecule has 198 valence electrons.